The van der Waals surface area contributed by atoms with Crippen molar-refractivity contribution in [1.82, 2.24) is 0 Å². The molecule has 0 N–H and O–H groups in total. The lowest BCUT2D eigenvalue weighted by Crippen LogP contribution is -2.63. The zero-order valence-electron chi connectivity index (χ0n) is 22.2. The van der Waals surface area contributed by atoms with Crippen LogP contribution < -0.4 is 0 Å². The minimum atomic E-state index is -1.46. The van der Waals surface area contributed by atoms with Crippen LogP contribution in [-0.4, -0.2) is 42.5 Å². The van der Waals surface area contributed by atoms with Gasteiger partial charge in [-0.05, 0) is 29.5 Å². The Kier molecular flexibility index (Phi) is 8.37. The average Bonchev–Trinajstić information content (AvgIpc) is 3.34. The van der Waals surface area contributed by atoms with Crippen LogP contribution in [0.1, 0.15) is 48.8 Å². The van der Waals surface area contributed by atoms with E-state index >= 15 is 4.39 Å². The van der Waals surface area contributed by atoms with Crippen LogP contribution in [0.2, 0.25) is 0 Å². The van der Waals surface area contributed by atoms with Gasteiger partial charge in [-0.1, -0.05) is 97.4 Å². The summed E-state index contributed by atoms with van der Waals surface area (Å²) in [5.74, 6) is -0.718. The number of fused-ring (bicyclic) bond motifs is 1. The summed E-state index contributed by atoms with van der Waals surface area (Å²) in [5.41, 5.74) is 2.97. The zero-order valence-corrected chi connectivity index (χ0v) is 22.2. The summed E-state index contributed by atoms with van der Waals surface area (Å²) in [4.78, 5) is 0. The average molecular weight is 533 g/mol. The van der Waals surface area contributed by atoms with Crippen LogP contribution in [0.3, 0.4) is 0 Å². The fourth-order valence-electron chi connectivity index (χ4n) is 6.09. The molecule has 6 heteroatoms. The second kappa shape index (κ2) is 12.3. The quantitative estimate of drug-likeness (QED) is 0.313. The number of benzene rings is 3. The molecule has 0 aromatic heterocycles. The van der Waals surface area contributed by atoms with Crippen LogP contribution in [0.4, 0.5) is 4.39 Å². The maximum atomic E-state index is 16.6. The van der Waals surface area contributed by atoms with Crippen molar-refractivity contribution in [3.63, 3.8) is 0 Å². The smallest absolute Gasteiger partial charge is 0.169 e. The van der Waals surface area contributed by atoms with Crippen LogP contribution >= 0.6 is 0 Å². The van der Waals surface area contributed by atoms with Gasteiger partial charge in [-0.25, -0.2) is 4.39 Å². The molecule has 1 spiro atoms. The lowest BCUT2D eigenvalue weighted by molar-refractivity contribution is -0.223. The van der Waals surface area contributed by atoms with E-state index in [-0.39, 0.29) is 13.2 Å². The van der Waals surface area contributed by atoms with E-state index in [2.05, 4.69) is 0 Å². The molecule has 3 aromatic carbocycles. The topological polar surface area (TPSA) is 46.2 Å². The number of hydrogen-bond acceptors (Lipinski definition) is 5. The number of alkyl halides is 1. The molecular weight excluding hydrogens is 495 g/mol. The molecule has 0 amide bonds. The second-order valence-electron chi connectivity index (χ2n) is 10.9. The summed E-state index contributed by atoms with van der Waals surface area (Å²) >= 11 is 0. The maximum absolute atomic E-state index is 16.6. The lowest BCUT2D eigenvalue weighted by atomic mass is 9.85. The fraction of sp³-hybridized carbons (Fsp3) is 0.455. The first-order valence-corrected chi connectivity index (χ1v) is 14.2. The van der Waals surface area contributed by atoms with E-state index < -0.39 is 42.5 Å². The Morgan fingerprint density at radius 2 is 0.974 bits per heavy atom. The SMILES string of the molecule is F[C@@H]1[C@@H](OCc2ccccc2)[C@H](OCc2ccccc2)[C@@H]2OC3(CCCCC3)O[C@@H]2[C@H]1OCc1ccccc1. The van der Waals surface area contributed by atoms with Crippen molar-refractivity contribution >= 4 is 0 Å². The van der Waals surface area contributed by atoms with Crippen LogP contribution in [-0.2, 0) is 43.5 Å². The van der Waals surface area contributed by atoms with Gasteiger partial charge in [0.25, 0.3) is 0 Å². The molecule has 3 fully saturated rings. The standard InChI is InChI=1S/C33H37FO5/c34-27-28(35-21-24-13-5-1-6-14-24)30(37-23-26-17-9-3-10-18-26)32-31(38-33(39-32)19-11-4-12-20-33)29(27)36-22-25-15-7-2-8-16-25/h1-3,5-10,13-18,27-32H,4,11-12,19-23H2/t27-,28-,29+,30+,31-,32+/m1/s1. The third kappa shape index (κ3) is 6.11. The van der Waals surface area contributed by atoms with Crippen LogP contribution in [0.25, 0.3) is 0 Å². The molecule has 1 saturated heterocycles. The Hall–Kier alpha value is -2.61. The summed E-state index contributed by atoms with van der Waals surface area (Å²) in [6.45, 7) is 0.886. The van der Waals surface area contributed by atoms with E-state index in [1.54, 1.807) is 0 Å². The molecule has 2 saturated carbocycles. The van der Waals surface area contributed by atoms with Gasteiger partial charge in [-0.3, -0.25) is 0 Å². The Bertz CT molecular complexity index is 1150. The molecule has 0 unspecified atom stereocenters. The van der Waals surface area contributed by atoms with Gasteiger partial charge in [0.05, 0.1) is 19.8 Å². The third-order valence-electron chi connectivity index (χ3n) is 8.10. The predicted molar refractivity (Wildman–Crippen MR) is 146 cm³/mol. The summed E-state index contributed by atoms with van der Waals surface area (Å²) in [6.07, 6.45) is -0.109. The van der Waals surface area contributed by atoms with Crippen LogP contribution in [0.15, 0.2) is 91.0 Å². The summed E-state index contributed by atoms with van der Waals surface area (Å²) in [7, 11) is 0. The first-order valence-electron chi connectivity index (χ1n) is 14.2. The molecule has 3 aromatic rings. The number of rotatable bonds is 9. The molecule has 3 aliphatic rings. The first-order chi connectivity index (χ1) is 19.2. The van der Waals surface area contributed by atoms with Gasteiger partial charge in [0.1, 0.15) is 30.5 Å². The van der Waals surface area contributed by atoms with Gasteiger partial charge in [0.15, 0.2) is 12.0 Å². The first kappa shape index (κ1) is 26.6. The highest BCUT2D eigenvalue weighted by atomic mass is 19.1. The maximum Gasteiger partial charge on any atom is 0.169 e. The molecular formula is C33H37FO5. The monoisotopic (exact) mass is 532 g/mol. The van der Waals surface area contributed by atoms with Crippen molar-refractivity contribution < 1.29 is 28.1 Å². The van der Waals surface area contributed by atoms with E-state index in [1.807, 2.05) is 91.0 Å². The van der Waals surface area contributed by atoms with Gasteiger partial charge >= 0.3 is 0 Å². The van der Waals surface area contributed by atoms with Crippen molar-refractivity contribution in [2.75, 3.05) is 0 Å². The van der Waals surface area contributed by atoms with Crippen molar-refractivity contribution in [1.29, 1.82) is 0 Å². The van der Waals surface area contributed by atoms with E-state index in [4.69, 9.17) is 23.7 Å². The highest BCUT2D eigenvalue weighted by Crippen LogP contribution is 2.47. The van der Waals surface area contributed by atoms with Crippen LogP contribution in [0, 0.1) is 0 Å². The Morgan fingerprint density at radius 3 is 1.46 bits per heavy atom. The van der Waals surface area contributed by atoms with Crippen molar-refractivity contribution in [3.8, 4) is 0 Å². The van der Waals surface area contributed by atoms with Crippen molar-refractivity contribution in [2.45, 2.75) is 94.4 Å². The molecule has 0 radical (unpaired) electrons. The van der Waals surface area contributed by atoms with Crippen molar-refractivity contribution in [2.24, 2.45) is 0 Å². The molecule has 1 aliphatic heterocycles. The normalized spacial score (nSPS) is 29.8. The van der Waals surface area contributed by atoms with E-state index in [0.717, 1.165) is 48.8 Å². The van der Waals surface area contributed by atoms with Gasteiger partial charge in [-0.2, -0.15) is 0 Å². The molecule has 206 valence electrons. The second-order valence-corrected chi connectivity index (χ2v) is 10.9. The van der Waals surface area contributed by atoms with Crippen LogP contribution in [0.5, 0.6) is 0 Å². The molecule has 5 nitrogen and oxygen atoms in total. The van der Waals surface area contributed by atoms with Gasteiger partial charge < -0.3 is 23.7 Å². The van der Waals surface area contributed by atoms with E-state index in [1.165, 1.54) is 0 Å². The summed E-state index contributed by atoms with van der Waals surface area (Å²) in [6, 6.07) is 29.6. The highest BCUT2D eigenvalue weighted by Gasteiger charge is 2.62. The highest BCUT2D eigenvalue weighted by molar-refractivity contribution is 5.17. The summed E-state index contributed by atoms with van der Waals surface area (Å²) in [5, 5.41) is 0. The molecule has 6 atom stereocenters. The summed E-state index contributed by atoms with van der Waals surface area (Å²) < 4.78 is 49.1. The molecule has 0 bridgehead atoms. The number of hydrogen-bond donors (Lipinski definition) is 0. The number of ether oxygens (including phenoxy) is 5. The fourth-order valence-corrected chi connectivity index (χ4v) is 6.09. The third-order valence-corrected chi connectivity index (χ3v) is 8.10. The molecule has 6 rings (SSSR count). The Balaban J connectivity index is 1.29. The largest absolute Gasteiger partial charge is 0.368 e. The van der Waals surface area contributed by atoms with E-state index in [0.29, 0.717) is 6.61 Å². The van der Waals surface area contributed by atoms with Gasteiger partial charge in [0, 0.05) is 12.8 Å². The van der Waals surface area contributed by atoms with Crippen molar-refractivity contribution in [3.05, 3.63) is 108 Å². The zero-order chi connectivity index (χ0) is 26.5. The molecule has 39 heavy (non-hydrogen) atoms. The number of halogens is 1. The molecule has 2 aliphatic carbocycles. The van der Waals surface area contributed by atoms with Gasteiger partial charge in [0.2, 0.25) is 0 Å². The van der Waals surface area contributed by atoms with E-state index in [9.17, 15) is 0 Å². The minimum absolute atomic E-state index is 0.270. The lowest BCUT2D eigenvalue weighted by Gasteiger charge is -2.43. The van der Waals surface area contributed by atoms with Gasteiger partial charge in [-0.15, -0.1) is 0 Å². The Labute approximate surface area is 230 Å². The Morgan fingerprint density at radius 1 is 0.564 bits per heavy atom. The minimum Gasteiger partial charge on any atom is -0.368 e. The molecule has 1 heterocycles. The predicted octanol–water partition coefficient (Wildman–Crippen LogP) is 6.54.